The van der Waals surface area contributed by atoms with Gasteiger partial charge in [0.05, 0.1) is 6.10 Å². The minimum absolute atomic E-state index is 0.183. The molecule has 0 aromatic rings. The monoisotopic (exact) mass is 242 g/mol. The molecule has 0 spiro atoms. The molecule has 1 heterocycles. The second kappa shape index (κ2) is 6.38. The molecule has 0 saturated carbocycles. The van der Waals surface area contributed by atoms with Gasteiger partial charge in [-0.1, -0.05) is 19.2 Å². The zero-order chi connectivity index (χ0) is 12.9. The molecule has 1 fully saturated rings. The Labute approximate surface area is 103 Å². The SMILES string of the molecule is BCCCC[C@](N)(C(=O)O)[C@H](O)[C@H]1CCCN1. The molecule has 17 heavy (non-hydrogen) atoms. The minimum atomic E-state index is -1.52. The van der Waals surface area contributed by atoms with Crippen LogP contribution in [0.3, 0.4) is 0 Å². The first kappa shape index (κ1) is 14.5. The van der Waals surface area contributed by atoms with E-state index in [1.54, 1.807) is 0 Å². The number of hydrogen-bond acceptors (Lipinski definition) is 4. The predicted octanol–water partition coefficient (Wildman–Crippen LogP) is -0.897. The van der Waals surface area contributed by atoms with Crippen molar-refractivity contribution in [3.63, 3.8) is 0 Å². The zero-order valence-electron chi connectivity index (χ0n) is 10.5. The summed E-state index contributed by atoms with van der Waals surface area (Å²) in [5.74, 6) is -1.10. The molecule has 5 N–H and O–H groups in total. The van der Waals surface area contributed by atoms with Gasteiger partial charge in [-0.25, -0.2) is 0 Å². The van der Waals surface area contributed by atoms with Crippen molar-refractivity contribution < 1.29 is 15.0 Å². The number of aliphatic hydroxyl groups excluding tert-OH is 1. The maximum Gasteiger partial charge on any atom is 0.326 e. The molecule has 6 heteroatoms. The maximum absolute atomic E-state index is 11.3. The van der Waals surface area contributed by atoms with Crippen molar-refractivity contribution in [3.05, 3.63) is 0 Å². The van der Waals surface area contributed by atoms with Gasteiger partial charge >= 0.3 is 5.97 Å². The molecule has 0 unspecified atom stereocenters. The lowest BCUT2D eigenvalue weighted by atomic mass is 9.82. The fourth-order valence-corrected chi connectivity index (χ4v) is 2.39. The number of carboxylic acids is 1. The number of nitrogens with one attached hydrogen (secondary N) is 1. The summed E-state index contributed by atoms with van der Waals surface area (Å²) in [5, 5.41) is 22.5. The first-order valence-corrected chi connectivity index (χ1v) is 6.46. The van der Waals surface area contributed by atoms with E-state index >= 15 is 0 Å². The van der Waals surface area contributed by atoms with Gasteiger partial charge in [-0.3, -0.25) is 4.79 Å². The van der Waals surface area contributed by atoms with Gasteiger partial charge in [0.15, 0.2) is 0 Å². The first-order valence-electron chi connectivity index (χ1n) is 6.46. The average molecular weight is 242 g/mol. The summed E-state index contributed by atoms with van der Waals surface area (Å²) >= 11 is 0. The van der Waals surface area contributed by atoms with Crippen LogP contribution in [0.25, 0.3) is 0 Å². The van der Waals surface area contributed by atoms with E-state index in [1.165, 1.54) is 0 Å². The maximum atomic E-state index is 11.3. The molecular weight excluding hydrogens is 219 g/mol. The quantitative estimate of drug-likeness (QED) is 0.343. The number of carbonyl (C=O) groups is 1. The van der Waals surface area contributed by atoms with Crippen LogP contribution in [0.4, 0.5) is 0 Å². The Hall–Kier alpha value is -0.585. The third-order valence-corrected chi connectivity index (χ3v) is 3.60. The fourth-order valence-electron chi connectivity index (χ4n) is 2.39. The van der Waals surface area contributed by atoms with Gasteiger partial charge < -0.3 is 21.3 Å². The largest absolute Gasteiger partial charge is 0.480 e. The van der Waals surface area contributed by atoms with E-state index in [0.29, 0.717) is 6.42 Å². The molecule has 1 aliphatic heterocycles. The van der Waals surface area contributed by atoms with Crippen LogP contribution in [-0.4, -0.2) is 48.3 Å². The molecule has 0 radical (unpaired) electrons. The predicted molar refractivity (Wildman–Crippen MR) is 68.8 cm³/mol. The molecule has 3 atom stereocenters. The normalized spacial score (nSPS) is 25.4. The highest BCUT2D eigenvalue weighted by Crippen LogP contribution is 2.23. The number of rotatable bonds is 7. The molecule has 1 aliphatic rings. The number of unbranched alkanes of at least 4 members (excludes halogenated alkanes) is 1. The van der Waals surface area contributed by atoms with Crippen molar-refractivity contribution in [3.8, 4) is 0 Å². The Bertz CT molecular complexity index is 259. The van der Waals surface area contributed by atoms with Crippen molar-refractivity contribution >= 4 is 13.8 Å². The van der Waals surface area contributed by atoms with Gasteiger partial charge in [0, 0.05) is 6.04 Å². The number of aliphatic carboxylic acids is 1. The van der Waals surface area contributed by atoms with Gasteiger partial charge in [0.1, 0.15) is 13.4 Å². The summed E-state index contributed by atoms with van der Waals surface area (Å²) in [6.45, 7) is 0.826. The van der Waals surface area contributed by atoms with Crippen LogP contribution in [0.5, 0.6) is 0 Å². The lowest BCUT2D eigenvalue weighted by Crippen LogP contribution is -2.62. The smallest absolute Gasteiger partial charge is 0.326 e. The molecule has 1 saturated heterocycles. The van der Waals surface area contributed by atoms with Crippen molar-refractivity contribution in [2.75, 3.05) is 6.54 Å². The van der Waals surface area contributed by atoms with Crippen molar-refractivity contribution in [2.45, 2.75) is 56.1 Å². The van der Waals surface area contributed by atoms with Crippen molar-refractivity contribution in [1.29, 1.82) is 0 Å². The summed E-state index contributed by atoms with van der Waals surface area (Å²) in [7, 11) is 2.05. The average Bonchev–Trinajstić information content (AvgIpc) is 2.81. The molecule has 0 bridgehead atoms. The Morgan fingerprint density at radius 3 is 2.76 bits per heavy atom. The number of carboxylic acid groups (broad SMARTS) is 1. The van der Waals surface area contributed by atoms with Gasteiger partial charge in [-0.2, -0.15) is 0 Å². The van der Waals surface area contributed by atoms with Crippen LogP contribution in [0.2, 0.25) is 6.32 Å². The van der Waals surface area contributed by atoms with E-state index in [4.69, 9.17) is 5.73 Å². The highest BCUT2D eigenvalue weighted by molar-refractivity contribution is 6.08. The number of aliphatic hydroxyl groups is 1. The van der Waals surface area contributed by atoms with E-state index in [2.05, 4.69) is 5.32 Å². The highest BCUT2D eigenvalue weighted by Gasteiger charge is 2.45. The standard InChI is InChI=1S/C11H23BN2O3/c12-6-2-1-5-11(13,10(16)17)9(15)8-4-3-7-14-8/h8-9,14-15H,1-7,12-13H2,(H,16,17)/t8-,9-,11-/m1/s1. The Kier molecular flexibility index (Phi) is 5.43. The van der Waals surface area contributed by atoms with Crippen LogP contribution in [0, 0.1) is 0 Å². The summed E-state index contributed by atoms with van der Waals surface area (Å²) in [4.78, 5) is 11.3. The lowest BCUT2D eigenvalue weighted by Gasteiger charge is -2.33. The Morgan fingerprint density at radius 1 is 1.59 bits per heavy atom. The molecule has 0 amide bonds. The van der Waals surface area contributed by atoms with Gasteiger partial charge in [0.25, 0.3) is 0 Å². The third-order valence-electron chi connectivity index (χ3n) is 3.60. The van der Waals surface area contributed by atoms with Crippen LogP contribution in [0.15, 0.2) is 0 Å². The van der Waals surface area contributed by atoms with Gasteiger partial charge in [-0.05, 0) is 25.8 Å². The summed E-state index contributed by atoms with van der Waals surface area (Å²) in [6, 6.07) is -0.183. The summed E-state index contributed by atoms with van der Waals surface area (Å²) in [6.07, 6.45) is 3.76. The fraction of sp³-hybridized carbons (Fsp3) is 0.909. The molecule has 5 nitrogen and oxygen atoms in total. The summed E-state index contributed by atoms with van der Waals surface area (Å²) < 4.78 is 0. The summed E-state index contributed by atoms with van der Waals surface area (Å²) in [5.41, 5.74) is 4.40. The van der Waals surface area contributed by atoms with Crippen molar-refractivity contribution in [2.24, 2.45) is 5.73 Å². The Balaban J connectivity index is 2.64. The highest BCUT2D eigenvalue weighted by atomic mass is 16.4. The van der Waals surface area contributed by atoms with Gasteiger partial charge in [0.2, 0.25) is 0 Å². The molecule has 0 aromatic heterocycles. The first-order chi connectivity index (χ1) is 8.02. The third kappa shape index (κ3) is 3.44. The van der Waals surface area contributed by atoms with E-state index in [-0.39, 0.29) is 6.04 Å². The van der Waals surface area contributed by atoms with Crippen LogP contribution in [-0.2, 0) is 4.79 Å². The zero-order valence-corrected chi connectivity index (χ0v) is 10.5. The van der Waals surface area contributed by atoms with Crippen molar-refractivity contribution in [1.82, 2.24) is 5.32 Å². The van der Waals surface area contributed by atoms with E-state index in [0.717, 1.165) is 38.5 Å². The van der Waals surface area contributed by atoms with Crippen LogP contribution in [0.1, 0.15) is 32.1 Å². The van der Waals surface area contributed by atoms with Gasteiger partial charge in [-0.15, -0.1) is 0 Å². The number of hydrogen-bond donors (Lipinski definition) is 4. The molecule has 1 rings (SSSR count). The van der Waals surface area contributed by atoms with E-state index in [9.17, 15) is 15.0 Å². The topological polar surface area (TPSA) is 95.6 Å². The molecular formula is C11H23BN2O3. The Morgan fingerprint density at radius 2 is 2.29 bits per heavy atom. The van der Waals surface area contributed by atoms with Crippen LogP contribution >= 0.6 is 0 Å². The molecule has 0 aliphatic carbocycles. The van der Waals surface area contributed by atoms with E-state index in [1.807, 2.05) is 7.85 Å². The second-order valence-corrected chi connectivity index (χ2v) is 4.95. The molecule has 98 valence electrons. The lowest BCUT2D eigenvalue weighted by molar-refractivity contribution is -0.149. The van der Waals surface area contributed by atoms with Crippen LogP contribution < -0.4 is 11.1 Å². The minimum Gasteiger partial charge on any atom is -0.480 e. The van der Waals surface area contributed by atoms with E-state index < -0.39 is 17.6 Å². The molecule has 0 aromatic carbocycles. The second-order valence-electron chi connectivity index (χ2n) is 4.95. The number of nitrogens with two attached hydrogens (primary N) is 1.